The van der Waals surface area contributed by atoms with Gasteiger partial charge >= 0.3 is 0 Å². The quantitative estimate of drug-likeness (QED) is 0.699. The molecule has 15 heavy (non-hydrogen) atoms. The van der Waals surface area contributed by atoms with E-state index in [0.717, 1.165) is 30.6 Å². The van der Waals surface area contributed by atoms with Gasteiger partial charge in [-0.05, 0) is 25.3 Å². The lowest BCUT2D eigenvalue weighted by Gasteiger charge is -2.36. The molecule has 1 heterocycles. The van der Waals surface area contributed by atoms with Gasteiger partial charge in [-0.25, -0.2) is 0 Å². The van der Waals surface area contributed by atoms with Crippen molar-refractivity contribution in [3.05, 3.63) is 18.5 Å². The summed E-state index contributed by atoms with van der Waals surface area (Å²) in [6.45, 7) is 0.613. The number of aliphatic hydroxyl groups is 1. The number of aromatic nitrogens is 1. The van der Waals surface area contributed by atoms with Gasteiger partial charge in [-0.15, -0.1) is 0 Å². The predicted molar refractivity (Wildman–Crippen MR) is 61.1 cm³/mol. The fourth-order valence-electron chi connectivity index (χ4n) is 1.70. The highest BCUT2D eigenvalue weighted by Gasteiger charge is 2.33. The Morgan fingerprint density at radius 2 is 2.13 bits per heavy atom. The van der Waals surface area contributed by atoms with Gasteiger partial charge in [0.25, 0.3) is 0 Å². The third-order valence-electron chi connectivity index (χ3n) is 2.93. The molecule has 1 aliphatic carbocycles. The van der Waals surface area contributed by atoms with Crippen LogP contribution < -0.4 is 10.6 Å². The molecule has 0 radical (unpaired) electrons. The third kappa shape index (κ3) is 2.39. The number of anilines is 2. The van der Waals surface area contributed by atoms with Gasteiger partial charge in [-0.2, -0.15) is 0 Å². The molecular weight excluding hydrogens is 190 g/mol. The highest BCUT2D eigenvalue weighted by atomic mass is 16.3. The molecule has 0 saturated heterocycles. The van der Waals surface area contributed by atoms with E-state index in [1.54, 1.807) is 12.4 Å². The molecule has 4 nitrogen and oxygen atoms in total. The van der Waals surface area contributed by atoms with E-state index in [2.05, 4.69) is 15.6 Å². The van der Waals surface area contributed by atoms with E-state index in [1.807, 2.05) is 13.1 Å². The summed E-state index contributed by atoms with van der Waals surface area (Å²) in [5.41, 5.74) is 1.43. The SMILES string of the molecule is CNc1cncc(NCC2(O)CCC2)c1. The number of rotatable bonds is 4. The minimum absolute atomic E-state index is 0.490. The summed E-state index contributed by atoms with van der Waals surface area (Å²) < 4.78 is 0. The van der Waals surface area contributed by atoms with Gasteiger partial charge in [-0.3, -0.25) is 4.98 Å². The molecule has 2 rings (SSSR count). The second kappa shape index (κ2) is 4.06. The Morgan fingerprint density at radius 1 is 1.40 bits per heavy atom. The zero-order valence-corrected chi connectivity index (χ0v) is 8.95. The molecule has 4 heteroatoms. The standard InChI is InChI=1S/C11H17N3O/c1-12-9-5-10(7-13-6-9)14-8-11(15)3-2-4-11/h5-7,12,14-15H,2-4,8H2,1H3. The van der Waals surface area contributed by atoms with E-state index in [-0.39, 0.29) is 0 Å². The van der Waals surface area contributed by atoms with Crippen LogP contribution in [-0.2, 0) is 0 Å². The first kappa shape index (κ1) is 10.2. The van der Waals surface area contributed by atoms with Gasteiger partial charge in [0, 0.05) is 13.6 Å². The third-order valence-corrected chi connectivity index (χ3v) is 2.93. The number of hydrogen-bond donors (Lipinski definition) is 3. The molecule has 0 bridgehead atoms. The van der Waals surface area contributed by atoms with E-state index in [0.29, 0.717) is 6.54 Å². The first-order chi connectivity index (χ1) is 7.22. The van der Waals surface area contributed by atoms with Crippen LogP contribution in [0.1, 0.15) is 19.3 Å². The minimum atomic E-state index is -0.490. The van der Waals surface area contributed by atoms with Crippen LogP contribution in [0, 0.1) is 0 Å². The molecule has 82 valence electrons. The Morgan fingerprint density at radius 3 is 2.73 bits per heavy atom. The average molecular weight is 207 g/mol. The first-order valence-electron chi connectivity index (χ1n) is 5.31. The molecule has 0 unspecified atom stereocenters. The maximum Gasteiger partial charge on any atom is 0.0819 e. The number of nitrogens with one attached hydrogen (secondary N) is 2. The minimum Gasteiger partial charge on any atom is -0.388 e. The van der Waals surface area contributed by atoms with Crippen molar-refractivity contribution in [2.45, 2.75) is 24.9 Å². The van der Waals surface area contributed by atoms with Gasteiger partial charge in [0.15, 0.2) is 0 Å². The summed E-state index contributed by atoms with van der Waals surface area (Å²) in [4.78, 5) is 4.09. The average Bonchev–Trinajstić information content (AvgIpc) is 2.24. The van der Waals surface area contributed by atoms with Gasteiger partial charge < -0.3 is 15.7 Å². The molecule has 0 aromatic carbocycles. The normalized spacial score (nSPS) is 18.0. The zero-order valence-electron chi connectivity index (χ0n) is 8.95. The van der Waals surface area contributed by atoms with Crippen molar-refractivity contribution >= 4 is 11.4 Å². The maximum absolute atomic E-state index is 9.90. The molecule has 0 aliphatic heterocycles. The van der Waals surface area contributed by atoms with Crippen molar-refractivity contribution in [3.8, 4) is 0 Å². The van der Waals surface area contributed by atoms with E-state index in [1.165, 1.54) is 0 Å². The number of nitrogens with zero attached hydrogens (tertiary/aromatic N) is 1. The van der Waals surface area contributed by atoms with Crippen LogP contribution in [0.2, 0.25) is 0 Å². The topological polar surface area (TPSA) is 57.2 Å². The van der Waals surface area contributed by atoms with Crippen molar-refractivity contribution in [1.29, 1.82) is 0 Å². The Hall–Kier alpha value is -1.29. The van der Waals surface area contributed by atoms with E-state index in [9.17, 15) is 5.11 Å². The van der Waals surface area contributed by atoms with E-state index in [4.69, 9.17) is 0 Å². The van der Waals surface area contributed by atoms with Gasteiger partial charge in [0.1, 0.15) is 0 Å². The highest BCUT2D eigenvalue weighted by Crippen LogP contribution is 2.31. The second-order valence-electron chi connectivity index (χ2n) is 4.14. The van der Waals surface area contributed by atoms with Crippen LogP contribution in [0.4, 0.5) is 11.4 Å². The van der Waals surface area contributed by atoms with Crippen LogP contribution in [-0.4, -0.2) is 29.3 Å². The summed E-state index contributed by atoms with van der Waals surface area (Å²) in [5, 5.41) is 16.1. The van der Waals surface area contributed by atoms with Gasteiger partial charge in [0.05, 0.1) is 29.4 Å². The van der Waals surface area contributed by atoms with Crippen LogP contribution in [0.5, 0.6) is 0 Å². The fourth-order valence-corrected chi connectivity index (χ4v) is 1.70. The molecule has 3 N–H and O–H groups in total. The summed E-state index contributed by atoms with van der Waals surface area (Å²) in [5.74, 6) is 0. The smallest absolute Gasteiger partial charge is 0.0819 e. The fraction of sp³-hybridized carbons (Fsp3) is 0.545. The molecule has 1 fully saturated rings. The first-order valence-corrected chi connectivity index (χ1v) is 5.31. The molecule has 0 amide bonds. The van der Waals surface area contributed by atoms with Crippen LogP contribution >= 0.6 is 0 Å². The van der Waals surface area contributed by atoms with Crippen molar-refractivity contribution in [2.24, 2.45) is 0 Å². The molecule has 0 spiro atoms. The molecule has 1 aliphatic rings. The van der Waals surface area contributed by atoms with Crippen molar-refractivity contribution in [2.75, 3.05) is 24.2 Å². The predicted octanol–water partition coefficient (Wildman–Crippen LogP) is 1.45. The molecule has 1 aromatic heterocycles. The molecule has 1 saturated carbocycles. The van der Waals surface area contributed by atoms with Crippen molar-refractivity contribution < 1.29 is 5.11 Å². The Labute approximate surface area is 89.7 Å². The lowest BCUT2D eigenvalue weighted by molar-refractivity contribution is -0.0202. The largest absolute Gasteiger partial charge is 0.388 e. The van der Waals surface area contributed by atoms with Crippen molar-refractivity contribution in [1.82, 2.24) is 4.98 Å². The van der Waals surface area contributed by atoms with Gasteiger partial charge in [0.2, 0.25) is 0 Å². The van der Waals surface area contributed by atoms with E-state index < -0.39 is 5.60 Å². The summed E-state index contributed by atoms with van der Waals surface area (Å²) in [6.07, 6.45) is 6.47. The van der Waals surface area contributed by atoms with Crippen molar-refractivity contribution in [3.63, 3.8) is 0 Å². The highest BCUT2D eigenvalue weighted by molar-refractivity contribution is 5.53. The maximum atomic E-state index is 9.90. The monoisotopic (exact) mass is 207 g/mol. The Balaban J connectivity index is 1.92. The number of pyridine rings is 1. The second-order valence-corrected chi connectivity index (χ2v) is 4.14. The summed E-state index contributed by atoms with van der Waals surface area (Å²) in [7, 11) is 1.86. The van der Waals surface area contributed by atoms with Crippen LogP contribution in [0.3, 0.4) is 0 Å². The molecule has 1 aromatic rings. The summed E-state index contributed by atoms with van der Waals surface area (Å²) in [6, 6.07) is 1.98. The molecule has 0 atom stereocenters. The Kier molecular flexibility index (Phi) is 2.77. The summed E-state index contributed by atoms with van der Waals surface area (Å²) >= 11 is 0. The zero-order chi connectivity index (χ0) is 10.7. The number of hydrogen-bond acceptors (Lipinski definition) is 4. The van der Waals surface area contributed by atoms with Gasteiger partial charge in [-0.1, -0.05) is 0 Å². The van der Waals surface area contributed by atoms with E-state index >= 15 is 0 Å². The lowest BCUT2D eigenvalue weighted by Crippen LogP contribution is -2.43. The lowest BCUT2D eigenvalue weighted by atomic mass is 9.80. The van der Waals surface area contributed by atoms with Crippen LogP contribution in [0.15, 0.2) is 18.5 Å². The Bertz CT molecular complexity index is 336. The molecular formula is C11H17N3O. The van der Waals surface area contributed by atoms with Crippen LogP contribution in [0.25, 0.3) is 0 Å².